The minimum atomic E-state index is -0.284. The van der Waals surface area contributed by atoms with E-state index in [4.69, 9.17) is 11.6 Å². The SMILES string of the molecule is O=C(Nc1ccc(I)cc1Cl)c1cncnc1. The van der Waals surface area contributed by atoms with Gasteiger partial charge in [-0.2, -0.15) is 0 Å². The monoisotopic (exact) mass is 359 g/mol. The Labute approximate surface area is 117 Å². The third-order valence-corrected chi connectivity index (χ3v) is 2.99. The standard InChI is InChI=1S/C11H7ClIN3O/c12-9-3-8(13)1-2-10(9)16-11(17)7-4-14-6-15-5-7/h1-6H,(H,16,17). The van der Waals surface area contributed by atoms with Crippen molar-refractivity contribution in [1.29, 1.82) is 0 Å². The number of halogens is 2. The van der Waals surface area contributed by atoms with Gasteiger partial charge >= 0.3 is 0 Å². The highest BCUT2D eigenvalue weighted by Gasteiger charge is 2.08. The number of amides is 1. The summed E-state index contributed by atoms with van der Waals surface area (Å²) in [4.78, 5) is 19.4. The highest BCUT2D eigenvalue weighted by Crippen LogP contribution is 2.24. The van der Waals surface area contributed by atoms with Crippen molar-refractivity contribution in [2.45, 2.75) is 0 Å². The summed E-state index contributed by atoms with van der Waals surface area (Å²) in [6.07, 6.45) is 4.26. The second kappa shape index (κ2) is 5.42. The summed E-state index contributed by atoms with van der Waals surface area (Å²) in [5, 5.41) is 3.20. The molecular formula is C11H7ClIN3O. The second-order valence-corrected chi connectivity index (χ2v) is 4.86. The number of anilines is 1. The number of nitrogens with zero attached hydrogens (tertiary/aromatic N) is 2. The minimum absolute atomic E-state index is 0.284. The van der Waals surface area contributed by atoms with Gasteiger partial charge in [0, 0.05) is 16.0 Å². The fraction of sp³-hybridized carbons (Fsp3) is 0. The topological polar surface area (TPSA) is 54.9 Å². The van der Waals surface area contributed by atoms with Gasteiger partial charge in [-0.25, -0.2) is 9.97 Å². The number of hydrogen-bond acceptors (Lipinski definition) is 3. The lowest BCUT2D eigenvalue weighted by molar-refractivity contribution is 0.102. The number of aromatic nitrogens is 2. The normalized spacial score (nSPS) is 10.0. The molecule has 0 unspecified atom stereocenters. The van der Waals surface area contributed by atoms with Crippen LogP contribution in [0.4, 0.5) is 5.69 Å². The molecule has 0 fully saturated rings. The number of carbonyl (C=O) groups is 1. The quantitative estimate of drug-likeness (QED) is 0.839. The van der Waals surface area contributed by atoms with Crippen LogP contribution < -0.4 is 5.32 Å². The Morgan fingerprint density at radius 3 is 2.65 bits per heavy atom. The maximum absolute atomic E-state index is 11.8. The van der Waals surface area contributed by atoms with Crippen LogP contribution in [0, 0.1) is 3.57 Å². The van der Waals surface area contributed by atoms with Crippen molar-refractivity contribution in [3.8, 4) is 0 Å². The maximum atomic E-state index is 11.8. The summed E-state index contributed by atoms with van der Waals surface area (Å²) in [7, 11) is 0. The Balaban J connectivity index is 2.19. The Morgan fingerprint density at radius 1 is 1.29 bits per heavy atom. The predicted molar refractivity (Wildman–Crippen MR) is 74.2 cm³/mol. The zero-order chi connectivity index (χ0) is 12.3. The van der Waals surface area contributed by atoms with Crippen molar-refractivity contribution >= 4 is 45.8 Å². The first kappa shape index (κ1) is 12.3. The van der Waals surface area contributed by atoms with E-state index in [1.165, 1.54) is 18.7 Å². The van der Waals surface area contributed by atoms with Crippen LogP contribution in [0.3, 0.4) is 0 Å². The van der Waals surface area contributed by atoms with Crippen LogP contribution in [0.25, 0.3) is 0 Å². The lowest BCUT2D eigenvalue weighted by Gasteiger charge is -2.06. The summed E-state index contributed by atoms with van der Waals surface area (Å²) in [6.45, 7) is 0. The molecule has 86 valence electrons. The van der Waals surface area contributed by atoms with Crippen molar-refractivity contribution in [2.75, 3.05) is 5.32 Å². The molecule has 1 amide bonds. The smallest absolute Gasteiger partial charge is 0.258 e. The Bertz CT molecular complexity index is 548. The van der Waals surface area contributed by atoms with Crippen LogP contribution in [0.5, 0.6) is 0 Å². The molecule has 1 aromatic heterocycles. The fourth-order valence-corrected chi connectivity index (χ4v) is 2.10. The molecule has 0 aliphatic heterocycles. The lowest BCUT2D eigenvalue weighted by Crippen LogP contribution is -2.12. The molecule has 0 spiro atoms. The summed E-state index contributed by atoms with van der Waals surface area (Å²) in [5.41, 5.74) is 0.961. The van der Waals surface area contributed by atoms with Gasteiger partial charge < -0.3 is 5.32 Å². The number of nitrogens with one attached hydrogen (secondary N) is 1. The molecular weight excluding hydrogens is 352 g/mol. The van der Waals surface area contributed by atoms with Crippen molar-refractivity contribution < 1.29 is 4.79 Å². The van der Waals surface area contributed by atoms with Gasteiger partial charge in [0.1, 0.15) is 6.33 Å². The Hall–Kier alpha value is -1.21. The van der Waals surface area contributed by atoms with Gasteiger partial charge in [0.2, 0.25) is 0 Å². The van der Waals surface area contributed by atoms with Gasteiger partial charge in [-0.1, -0.05) is 11.6 Å². The number of benzene rings is 1. The molecule has 2 aromatic rings. The van der Waals surface area contributed by atoms with Gasteiger partial charge in [0.25, 0.3) is 5.91 Å². The van der Waals surface area contributed by atoms with Crippen LogP contribution in [0.1, 0.15) is 10.4 Å². The lowest BCUT2D eigenvalue weighted by atomic mass is 10.3. The third kappa shape index (κ3) is 3.13. The van der Waals surface area contributed by atoms with E-state index in [9.17, 15) is 4.79 Å². The van der Waals surface area contributed by atoms with Crippen LogP contribution in [-0.4, -0.2) is 15.9 Å². The molecule has 0 aliphatic carbocycles. The summed E-state index contributed by atoms with van der Waals surface area (Å²) < 4.78 is 1.01. The molecule has 1 N–H and O–H groups in total. The number of hydrogen-bond donors (Lipinski definition) is 1. The van der Waals surface area contributed by atoms with Crippen LogP contribution in [0.15, 0.2) is 36.9 Å². The van der Waals surface area contributed by atoms with E-state index < -0.39 is 0 Å². The van der Waals surface area contributed by atoms with E-state index in [-0.39, 0.29) is 5.91 Å². The van der Waals surface area contributed by atoms with Crippen molar-refractivity contribution in [2.24, 2.45) is 0 Å². The molecule has 17 heavy (non-hydrogen) atoms. The highest BCUT2D eigenvalue weighted by molar-refractivity contribution is 14.1. The van der Waals surface area contributed by atoms with E-state index in [1.54, 1.807) is 12.1 Å². The molecule has 0 aliphatic rings. The first-order valence-corrected chi connectivity index (χ1v) is 6.14. The molecule has 0 atom stereocenters. The van der Waals surface area contributed by atoms with E-state index in [1.807, 2.05) is 6.07 Å². The average molecular weight is 360 g/mol. The maximum Gasteiger partial charge on any atom is 0.258 e. The van der Waals surface area contributed by atoms with Gasteiger partial charge in [-0.3, -0.25) is 4.79 Å². The van der Waals surface area contributed by atoms with Gasteiger partial charge in [-0.15, -0.1) is 0 Å². The van der Waals surface area contributed by atoms with Crippen LogP contribution in [-0.2, 0) is 0 Å². The zero-order valence-corrected chi connectivity index (χ0v) is 11.4. The molecule has 1 heterocycles. The molecule has 4 nitrogen and oxygen atoms in total. The van der Waals surface area contributed by atoms with Gasteiger partial charge in [-0.05, 0) is 40.8 Å². The van der Waals surface area contributed by atoms with E-state index in [0.717, 1.165) is 3.57 Å². The average Bonchev–Trinajstić information content (AvgIpc) is 2.34. The highest BCUT2D eigenvalue weighted by atomic mass is 127. The second-order valence-electron chi connectivity index (χ2n) is 3.21. The summed E-state index contributed by atoms with van der Waals surface area (Å²) in [5.74, 6) is -0.284. The van der Waals surface area contributed by atoms with Gasteiger partial charge in [0.15, 0.2) is 0 Å². The fourth-order valence-electron chi connectivity index (χ4n) is 1.20. The van der Waals surface area contributed by atoms with Crippen molar-refractivity contribution in [3.05, 3.63) is 51.1 Å². The van der Waals surface area contributed by atoms with Crippen molar-refractivity contribution in [1.82, 2.24) is 9.97 Å². The summed E-state index contributed by atoms with van der Waals surface area (Å²) in [6, 6.07) is 5.40. The van der Waals surface area contributed by atoms with E-state index in [0.29, 0.717) is 16.3 Å². The first-order chi connectivity index (χ1) is 8.16. The molecule has 6 heteroatoms. The molecule has 0 saturated carbocycles. The van der Waals surface area contributed by atoms with E-state index in [2.05, 4.69) is 37.9 Å². The minimum Gasteiger partial charge on any atom is -0.321 e. The molecule has 0 radical (unpaired) electrons. The Kier molecular flexibility index (Phi) is 3.90. The van der Waals surface area contributed by atoms with Crippen LogP contribution >= 0.6 is 34.2 Å². The number of rotatable bonds is 2. The molecule has 0 saturated heterocycles. The molecule has 1 aromatic carbocycles. The van der Waals surface area contributed by atoms with Crippen LogP contribution in [0.2, 0.25) is 5.02 Å². The molecule has 0 bridgehead atoms. The predicted octanol–water partition coefficient (Wildman–Crippen LogP) is 2.99. The van der Waals surface area contributed by atoms with Crippen molar-refractivity contribution in [3.63, 3.8) is 0 Å². The van der Waals surface area contributed by atoms with E-state index >= 15 is 0 Å². The molecule has 2 rings (SSSR count). The zero-order valence-electron chi connectivity index (χ0n) is 8.52. The number of carbonyl (C=O) groups excluding carboxylic acids is 1. The Morgan fingerprint density at radius 2 is 2.00 bits per heavy atom. The largest absolute Gasteiger partial charge is 0.321 e. The van der Waals surface area contributed by atoms with Gasteiger partial charge in [0.05, 0.1) is 16.3 Å². The third-order valence-electron chi connectivity index (χ3n) is 2.00. The first-order valence-electron chi connectivity index (χ1n) is 4.68. The summed E-state index contributed by atoms with van der Waals surface area (Å²) >= 11 is 8.16.